The van der Waals surface area contributed by atoms with Gasteiger partial charge >= 0.3 is 0 Å². The Labute approximate surface area is 200 Å². The lowest BCUT2D eigenvalue weighted by Gasteiger charge is -2.12. The largest absolute Gasteiger partial charge is 0.296 e. The Morgan fingerprint density at radius 3 is 2.39 bits per heavy atom. The minimum Gasteiger partial charge on any atom is -0.296 e. The highest BCUT2D eigenvalue weighted by Crippen LogP contribution is 2.29. The maximum absolute atomic E-state index is 12.9. The third-order valence-corrected chi connectivity index (χ3v) is 8.00. The number of sulfonamides is 1. The Hall–Kier alpha value is -3.21. The molecule has 168 valence electrons. The molecule has 33 heavy (non-hydrogen) atoms. The van der Waals surface area contributed by atoms with Gasteiger partial charge in [0.2, 0.25) is 5.13 Å². The molecule has 0 fully saturated rings. The molecule has 0 saturated carbocycles. The van der Waals surface area contributed by atoms with Crippen molar-refractivity contribution in [3.63, 3.8) is 0 Å². The molecule has 0 unspecified atom stereocenters. The van der Waals surface area contributed by atoms with Crippen molar-refractivity contribution in [2.45, 2.75) is 21.9 Å². The summed E-state index contributed by atoms with van der Waals surface area (Å²) in [5.41, 5.74) is 2.48. The smallest absolute Gasteiger partial charge is 0.261 e. The lowest BCUT2D eigenvalue weighted by atomic mass is 10.2. The molecule has 1 aromatic heterocycles. The number of amides is 1. The predicted octanol–water partition coefficient (Wildman–Crippen LogP) is 5.19. The van der Waals surface area contributed by atoms with Crippen LogP contribution in [0.15, 0.2) is 88.1 Å². The Kier molecular flexibility index (Phi) is 7.07. The van der Waals surface area contributed by atoms with Crippen LogP contribution >= 0.6 is 23.1 Å². The van der Waals surface area contributed by atoms with E-state index in [2.05, 4.69) is 20.2 Å². The molecular formula is C23H20N4O3S3. The van der Waals surface area contributed by atoms with Crippen LogP contribution in [0.25, 0.3) is 0 Å². The van der Waals surface area contributed by atoms with E-state index < -0.39 is 15.9 Å². The van der Waals surface area contributed by atoms with E-state index in [0.29, 0.717) is 5.13 Å². The molecule has 0 bridgehead atoms. The van der Waals surface area contributed by atoms with Gasteiger partial charge in [0.25, 0.3) is 15.9 Å². The first kappa shape index (κ1) is 23.0. The van der Waals surface area contributed by atoms with Gasteiger partial charge in [-0.2, -0.15) is 0 Å². The SMILES string of the molecule is Cc1ccc(S(=O)(=O)Nc2ccccc2C(=O)Nc2nnc(SCc3ccccc3)s2)cc1. The number of para-hydroxylation sites is 1. The van der Waals surface area contributed by atoms with Gasteiger partial charge in [-0.3, -0.25) is 14.8 Å². The van der Waals surface area contributed by atoms with Crippen LogP contribution in [0.1, 0.15) is 21.5 Å². The molecule has 0 saturated heterocycles. The second-order valence-electron chi connectivity index (χ2n) is 7.07. The number of thioether (sulfide) groups is 1. The summed E-state index contributed by atoms with van der Waals surface area (Å²) in [5, 5.41) is 11.2. The van der Waals surface area contributed by atoms with Crippen molar-refractivity contribution in [1.82, 2.24) is 10.2 Å². The topological polar surface area (TPSA) is 101 Å². The van der Waals surface area contributed by atoms with Gasteiger partial charge in [-0.15, -0.1) is 10.2 Å². The fourth-order valence-electron chi connectivity index (χ4n) is 2.89. The normalized spacial score (nSPS) is 11.2. The van der Waals surface area contributed by atoms with Gasteiger partial charge < -0.3 is 0 Å². The molecule has 10 heteroatoms. The summed E-state index contributed by atoms with van der Waals surface area (Å²) < 4.78 is 28.8. The summed E-state index contributed by atoms with van der Waals surface area (Å²) in [6, 6.07) is 22.9. The number of rotatable bonds is 8. The maximum Gasteiger partial charge on any atom is 0.261 e. The summed E-state index contributed by atoms with van der Waals surface area (Å²) in [4.78, 5) is 13.0. The number of aromatic nitrogens is 2. The van der Waals surface area contributed by atoms with E-state index in [1.54, 1.807) is 36.4 Å². The van der Waals surface area contributed by atoms with Crippen LogP contribution in [0.2, 0.25) is 0 Å². The number of nitrogens with one attached hydrogen (secondary N) is 2. The van der Waals surface area contributed by atoms with Crippen LogP contribution in [-0.2, 0) is 15.8 Å². The molecule has 0 spiro atoms. The zero-order valence-electron chi connectivity index (χ0n) is 17.6. The van der Waals surface area contributed by atoms with Gasteiger partial charge in [0, 0.05) is 5.75 Å². The van der Waals surface area contributed by atoms with E-state index in [1.165, 1.54) is 35.2 Å². The second-order valence-corrected chi connectivity index (χ2v) is 10.9. The first-order valence-corrected chi connectivity index (χ1v) is 13.2. The minimum atomic E-state index is -3.85. The van der Waals surface area contributed by atoms with E-state index in [-0.39, 0.29) is 16.1 Å². The molecule has 4 rings (SSSR count). The van der Waals surface area contributed by atoms with Gasteiger partial charge in [0.1, 0.15) is 0 Å². The molecule has 4 aromatic rings. The average molecular weight is 497 g/mol. The average Bonchev–Trinajstić information content (AvgIpc) is 3.26. The third-order valence-electron chi connectivity index (χ3n) is 4.58. The maximum atomic E-state index is 12.9. The molecule has 0 aliphatic carbocycles. The number of anilines is 2. The molecule has 2 N–H and O–H groups in total. The molecule has 0 aliphatic heterocycles. The van der Waals surface area contributed by atoms with Crippen LogP contribution in [0, 0.1) is 6.92 Å². The van der Waals surface area contributed by atoms with Crippen LogP contribution in [0.3, 0.4) is 0 Å². The predicted molar refractivity (Wildman–Crippen MR) is 132 cm³/mol. The Morgan fingerprint density at radius 1 is 0.939 bits per heavy atom. The summed E-state index contributed by atoms with van der Waals surface area (Å²) in [7, 11) is -3.85. The van der Waals surface area contributed by atoms with Crippen molar-refractivity contribution >= 4 is 49.8 Å². The van der Waals surface area contributed by atoms with Crippen molar-refractivity contribution in [2.75, 3.05) is 10.0 Å². The fourth-order valence-corrected chi connectivity index (χ4v) is 5.68. The van der Waals surface area contributed by atoms with E-state index in [9.17, 15) is 13.2 Å². The summed E-state index contributed by atoms with van der Waals surface area (Å²) in [6.07, 6.45) is 0. The molecule has 0 atom stereocenters. The van der Waals surface area contributed by atoms with E-state index in [0.717, 1.165) is 21.2 Å². The van der Waals surface area contributed by atoms with E-state index in [4.69, 9.17) is 0 Å². The van der Waals surface area contributed by atoms with Crippen molar-refractivity contribution in [1.29, 1.82) is 0 Å². The summed E-state index contributed by atoms with van der Waals surface area (Å²) in [5.74, 6) is 0.264. The van der Waals surface area contributed by atoms with Crippen molar-refractivity contribution in [2.24, 2.45) is 0 Å². The van der Waals surface area contributed by atoms with Crippen LogP contribution in [0.4, 0.5) is 10.8 Å². The monoisotopic (exact) mass is 496 g/mol. The Morgan fingerprint density at radius 2 is 1.64 bits per heavy atom. The van der Waals surface area contributed by atoms with Gasteiger partial charge in [0.15, 0.2) is 4.34 Å². The molecule has 0 aliphatic rings. The lowest BCUT2D eigenvalue weighted by molar-refractivity contribution is 0.102. The quantitative estimate of drug-likeness (QED) is 0.257. The van der Waals surface area contributed by atoms with Crippen molar-refractivity contribution in [3.05, 3.63) is 95.6 Å². The highest BCUT2D eigenvalue weighted by molar-refractivity contribution is 8.00. The number of hydrogen-bond donors (Lipinski definition) is 2. The minimum absolute atomic E-state index is 0.118. The van der Waals surface area contributed by atoms with Gasteiger partial charge in [-0.1, -0.05) is 83.3 Å². The van der Waals surface area contributed by atoms with E-state index in [1.807, 2.05) is 37.3 Å². The van der Waals surface area contributed by atoms with Crippen molar-refractivity contribution in [3.8, 4) is 0 Å². The third kappa shape index (κ3) is 5.98. The first-order valence-electron chi connectivity index (χ1n) is 9.91. The standard InChI is InChI=1S/C23H20N4O3S3/c1-16-11-13-18(14-12-16)33(29,30)27-20-10-6-5-9-19(20)21(28)24-22-25-26-23(32-22)31-15-17-7-3-2-4-8-17/h2-14,27H,15H2,1H3,(H,24,25,28). The summed E-state index contributed by atoms with van der Waals surface area (Å²) in [6.45, 7) is 1.88. The number of nitrogens with zero attached hydrogens (tertiary/aromatic N) is 2. The number of hydrogen-bond acceptors (Lipinski definition) is 7. The zero-order chi connectivity index (χ0) is 23.3. The second kappa shape index (κ2) is 10.2. The highest BCUT2D eigenvalue weighted by atomic mass is 32.2. The molecule has 0 radical (unpaired) electrons. The van der Waals surface area contributed by atoms with Gasteiger partial charge in [-0.05, 0) is 36.8 Å². The Balaban J connectivity index is 1.45. The number of aryl methyl sites for hydroxylation is 1. The van der Waals surface area contributed by atoms with Crippen LogP contribution < -0.4 is 10.0 Å². The van der Waals surface area contributed by atoms with Gasteiger partial charge in [0.05, 0.1) is 16.1 Å². The lowest BCUT2D eigenvalue weighted by Crippen LogP contribution is -2.18. The number of benzene rings is 3. The number of carbonyl (C=O) groups excluding carboxylic acids is 1. The first-order chi connectivity index (χ1) is 15.9. The molecule has 1 amide bonds. The van der Waals surface area contributed by atoms with Crippen molar-refractivity contribution < 1.29 is 13.2 Å². The summed E-state index contributed by atoms with van der Waals surface area (Å²) >= 11 is 2.79. The molecular weight excluding hydrogens is 476 g/mol. The number of carbonyl (C=O) groups is 1. The van der Waals surface area contributed by atoms with Crippen LogP contribution in [0.5, 0.6) is 0 Å². The van der Waals surface area contributed by atoms with E-state index >= 15 is 0 Å². The molecule has 7 nitrogen and oxygen atoms in total. The fraction of sp³-hybridized carbons (Fsp3) is 0.0870. The molecule has 1 heterocycles. The highest BCUT2D eigenvalue weighted by Gasteiger charge is 2.19. The Bertz CT molecular complexity index is 1360. The van der Waals surface area contributed by atoms with Gasteiger partial charge in [-0.25, -0.2) is 8.42 Å². The molecule has 3 aromatic carbocycles. The zero-order valence-corrected chi connectivity index (χ0v) is 20.0. The van der Waals surface area contributed by atoms with Crippen LogP contribution in [-0.4, -0.2) is 24.5 Å².